The first-order chi connectivity index (χ1) is 13.1. The Balaban J connectivity index is 1.77. The number of ketones is 1. The number of benzene rings is 2. The van der Waals surface area contributed by atoms with Crippen LogP contribution in [0, 0.1) is 17.2 Å². The van der Waals surface area contributed by atoms with Gasteiger partial charge in [-0.25, -0.2) is 4.68 Å². The maximum absolute atomic E-state index is 12.6. The molecule has 27 heavy (non-hydrogen) atoms. The highest BCUT2D eigenvalue weighted by Crippen LogP contribution is 2.18. The Kier molecular flexibility index (Phi) is 5.28. The van der Waals surface area contributed by atoms with Gasteiger partial charge in [0, 0.05) is 18.0 Å². The summed E-state index contributed by atoms with van der Waals surface area (Å²) in [5.74, 6) is -2.25. The average Bonchev–Trinajstić information content (AvgIpc) is 3.19. The van der Waals surface area contributed by atoms with E-state index >= 15 is 0 Å². The molecule has 7 nitrogen and oxygen atoms in total. The lowest BCUT2D eigenvalue weighted by molar-refractivity contribution is -0.117. The normalized spacial score (nSPS) is 11.3. The van der Waals surface area contributed by atoms with Crippen LogP contribution in [0.25, 0.3) is 5.69 Å². The van der Waals surface area contributed by atoms with Crippen molar-refractivity contribution in [2.45, 2.75) is 0 Å². The van der Waals surface area contributed by atoms with Crippen LogP contribution in [0.2, 0.25) is 0 Å². The number of nitrogens with zero attached hydrogens (tertiary/aromatic N) is 3. The summed E-state index contributed by atoms with van der Waals surface area (Å²) in [5.41, 5.74) is 1.39. The number of para-hydroxylation sites is 1. The van der Waals surface area contributed by atoms with Crippen molar-refractivity contribution in [3.8, 4) is 17.5 Å². The van der Waals surface area contributed by atoms with Crippen molar-refractivity contribution in [1.29, 1.82) is 5.26 Å². The molecule has 0 saturated heterocycles. The summed E-state index contributed by atoms with van der Waals surface area (Å²) in [6.07, 6.45) is 2.85. The zero-order chi connectivity index (χ0) is 19.2. The third-order valence-electron chi connectivity index (χ3n) is 3.88. The van der Waals surface area contributed by atoms with Crippen molar-refractivity contribution in [2.24, 2.45) is 5.92 Å². The quantitative estimate of drug-likeness (QED) is 0.538. The Morgan fingerprint density at radius 1 is 1.19 bits per heavy atom. The second kappa shape index (κ2) is 7.97. The van der Waals surface area contributed by atoms with Gasteiger partial charge in [0.15, 0.2) is 11.7 Å². The molecular weight excluding hydrogens is 344 g/mol. The lowest BCUT2D eigenvalue weighted by Gasteiger charge is -2.09. The van der Waals surface area contributed by atoms with Gasteiger partial charge in [0.25, 0.3) is 0 Å². The Morgan fingerprint density at radius 2 is 1.96 bits per heavy atom. The van der Waals surface area contributed by atoms with Crippen LogP contribution in [0.3, 0.4) is 0 Å². The van der Waals surface area contributed by atoms with Crippen LogP contribution in [0.1, 0.15) is 10.4 Å². The van der Waals surface area contributed by atoms with Crippen molar-refractivity contribution in [3.05, 3.63) is 72.6 Å². The average molecular weight is 360 g/mol. The summed E-state index contributed by atoms with van der Waals surface area (Å²) in [7, 11) is 1.51. The van der Waals surface area contributed by atoms with Crippen LogP contribution in [0.4, 0.5) is 5.69 Å². The molecule has 0 fully saturated rings. The van der Waals surface area contributed by atoms with Crippen molar-refractivity contribution < 1.29 is 14.3 Å². The van der Waals surface area contributed by atoms with Crippen LogP contribution in [0.5, 0.6) is 5.75 Å². The van der Waals surface area contributed by atoms with Gasteiger partial charge < -0.3 is 10.1 Å². The van der Waals surface area contributed by atoms with Crippen LogP contribution in [-0.4, -0.2) is 28.6 Å². The largest absolute Gasteiger partial charge is 0.497 e. The maximum Gasteiger partial charge on any atom is 0.249 e. The summed E-state index contributed by atoms with van der Waals surface area (Å²) in [6.45, 7) is 0. The molecular formula is C20H16N4O3. The first kappa shape index (κ1) is 17.9. The number of Topliss-reactive ketones (excluding diaryl/α,β-unsaturated/α-hetero) is 1. The summed E-state index contributed by atoms with van der Waals surface area (Å²) < 4.78 is 6.61. The smallest absolute Gasteiger partial charge is 0.249 e. The Morgan fingerprint density at radius 3 is 2.67 bits per heavy atom. The fourth-order valence-electron chi connectivity index (χ4n) is 2.49. The number of aromatic nitrogens is 2. The summed E-state index contributed by atoms with van der Waals surface area (Å²) >= 11 is 0. The molecule has 0 aliphatic heterocycles. The molecule has 1 aromatic heterocycles. The van der Waals surface area contributed by atoms with E-state index in [0.717, 1.165) is 5.69 Å². The van der Waals surface area contributed by atoms with Gasteiger partial charge in [-0.3, -0.25) is 9.59 Å². The molecule has 1 N–H and O–H groups in total. The molecule has 1 unspecified atom stereocenters. The third-order valence-corrected chi connectivity index (χ3v) is 3.88. The fourth-order valence-corrected chi connectivity index (χ4v) is 2.49. The Labute approximate surface area is 155 Å². The topological polar surface area (TPSA) is 97.0 Å². The van der Waals surface area contributed by atoms with E-state index in [0.29, 0.717) is 11.4 Å². The molecule has 0 radical (unpaired) electrons. The molecule has 7 heteroatoms. The molecule has 3 rings (SSSR count). The highest BCUT2D eigenvalue weighted by Gasteiger charge is 2.28. The predicted octanol–water partition coefficient (Wildman–Crippen LogP) is 2.84. The third kappa shape index (κ3) is 4.02. The standard InChI is InChI=1S/C20H16N4O3/c1-27-17-9-5-6-15(10-17)23-20(26)18(11-21)19(25)14-12-22-24(13-14)16-7-3-2-4-8-16/h2-10,12-13,18H,1H3,(H,23,26). The van der Waals surface area contributed by atoms with Gasteiger partial charge in [-0.05, 0) is 24.3 Å². The highest BCUT2D eigenvalue weighted by molar-refractivity contribution is 6.15. The molecule has 0 aliphatic carbocycles. The Hall–Kier alpha value is -3.92. The molecule has 1 amide bonds. The number of anilines is 1. The van der Waals surface area contributed by atoms with Crippen molar-refractivity contribution in [3.63, 3.8) is 0 Å². The van der Waals surface area contributed by atoms with Gasteiger partial charge >= 0.3 is 0 Å². The van der Waals surface area contributed by atoms with Crippen LogP contribution >= 0.6 is 0 Å². The number of hydrogen-bond acceptors (Lipinski definition) is 5. The zero-order valence-corrected chi connectivity index (χ0v) is 14.5. The zero-order valence-electron chi connectivity index (χ0n) is 14.5. The van der Waals surface area contributed by atoms with Gasteiger partial charge in [0.1, 0.15) is 5.75 Å². The van der Waals surface area contributed by atoms with E-state index in [1.54, 1.807) is 30.3 Å². The minimum absolute atomic E-state index is 0.186. The molecule has 1 atom stereocenters. The summed E-state index contributed by atoms with van der Waals surface area (Å²) in [5, 5.41) is 16.0. The molecule has 0 spiro atoms. The number of ether oxygens (including phenoxy) is 1. The van der Waals surface area contributed by atoms with Crippen LogP contribution in [-0.2, 0) is 4.79 Å². The molecule has 3 aromatic rings. The number of nitrogens with one attached hydrogen (secondary N) is 1. The monoisotopic (exact) mass is 360 g/mol. The first-order valence-electron chi connectivity index (χ1n) is 8.11. The molecule has 0 saturated carbocycles. The number of carbonyl (C=O) groups excluding carboxylic acids is 2. The lowest BCUT2D eigenvalue weighted by atomic mass is 10.0. The second-order valence-electron chi connectivity index (χ2n) is 5.66. The summed E-state index contributed by atoms with van der Waals surface area (Å²) in [4.78, 5) is 25.0. The predicted molar refractivity (Wildman–Crippen MR) is 98.6 cm³/mol. The van der Waals surface area contributed by atoms with Gasteiger partial charge in [-0.1, -0.05) is 24.3 Å². The van der Waals surface area contributed by atoms with Gasteiger partial charge in [-0.2, -0.15) is 10.4 Å². The van der Waals surface area contributed by atoms with E-state index in [4.69, 9.17) is 4.74 Å². The second-order valence-corrected chi connectivity index (χ2v) is 5.66. The van der Waals surface area contributed by atoms with Gasteiger partial charge in [0.05, 0.1) is 30.6 Å². The molecule has 2 aromatic carbocycles. The number of carbonyl (C=O) groups is 2. The van der Waals surface area contributed by atoms with Crippen molar-refractivity contribution in [1.82, 2.24) is 9.78 Å². The highest BCUT2D eigenvalue weighted by atomic mass is 16.5. The number of methoxy groups -OCH3 is 1. The SMILES string of the molecule is COc1cccc(NC(=O)C(C#N)C(=O)c2cnn(-c3ccccc3)c2)c1. The van der Waals surface area contributed by atoms with Gasteiger partial charge in [0.2, 0.25) is 5.91 Å². The molecule has 0 aliphatic rings. The number of rotatable bonds is 6. The van der Waals surface area contributed by atoms with Crippen molar-refractivity contribution in [2.75, 3.05) is 12.4 Å². The van der Waals surface area contributed by atoms with E-state index in [1.807, 2.05) is 30.3 Å². The summed E-state index contributed by atoms with van der Waals surface area (Å²) in [6, 6.07) is 17.7. The maximum atomic E-state index is 12.6. The van der Waals surface area contributed by atoms with E-state index in [9.17, 15) is 14.9 Å². The molecule has 0 bridgehead atoms. The first-order valence-corrected chi connectivity index (χ1v) is 8.11. The van der Waals surface area contributed by atoms with Crippen molar-refractivity contribution >= 4 is 17.4 Å². The van der Waals surface area contributed by atoms with E-state index in [-0.39, 0.29) is 5.56 Å². The number of hydrogen-bond donors (Lipinski definition) is 1. The van der Waals surface area contributed by atoms with Crippen LogP contribution < -0.4 is 10.1 Å². The minimum Gasteiger partial charge on any atom is -0.497 e. The molecule has 134 valence electrons. The van der Waals surface area contributed by atoms with Crippen LogP contribution in [0.15, 0.2) is 67.0 Å². The lowest BCUT2D eigenvalue weighted by Crippen LogP contribution is -2.28. The van der Waals surface area contributed by atoms with Gasteiger partial charge in [-0.15, -0.1) is 0 Å². The van der Waals surface area contributed by atoms with E-state index in [2.05, 4.69) is 10.4 Å². The number of amides is 1. The number of nitriles is 1. The van der Waals surface area contributed by atoms with E-state index in [1.165, 1.54) is 24.2 Å². The minimum atomic E-state index is -1.48. The Bertz CT molecular complexity index is 1010. The fraction of sp³-hybridized carbons (Fsp3) is 0.100. The molecule has 1 heterocycles. The van der Waals surface area contributed by atoms with E-state index < -0.39 is 17.6 Å².